The van der Waals surface area contributed by atoms with E-state index in [4.69, 9.17) is 0 Å². The molecule has 0 N–H and O–H groups in total. The highest BCUT2D eigenvalue weighted by Gasteiger charge is 2.24. The molecule has 1 atom stereocenters. The molecule has 8 heteroatoms. The molecule has 0 saturated heterocycles. The number of Topliss-reactive ketones (excluding diaryl/α,β-unsaturated/α-hetero) is 1. The molecule has 0 amide bonds. The molecule has 0 unspecified atom stereocenters. The number of carbonyl (C=O) groups excluding carboxylic acids is 1. The van der Waals surface area contributed by atoms with E-state index < -0.39 is 5.92 Å². The number of rotatable bonds is 7. The third-order valence-corrected chi connectivity index (χ3v) is 5.98. The second-order valence-corrected chi connectivity index (χ2v) is 7.84. The Morgan fingerprint density at radius 3 is 2.81 bits per heavy atom. The van der Waals surface area contributed by atoms with Crippen LogP contribution >= 0.6 is 23.1 Å². The number of hydrogen-bond donors (Lipinski definition) is 0. The monoisotopic (exact) mass is 398 g/mol. The third-order valence-electron chi connectivity index (χ3n) is 3.95. The van der Waals surface area contributed by atoms with E-state index in [1.54, 1.807) is 16.7 Å². The molecule has 138 valence electrons. The Morgan fingerprint density at radius 1 is 1.37 bits per heavy atom. The number of thioether (sulfide) groups is 1. The summed E-state index contributed by atoms with van der Waals surface area (Å²) in [4.78, 5) is 34.2. The highest BCUT2D eigenvalue weighted by Crippen LogP contribution is 2.25. The van der Waals surface area contributed by atoms with Crippen molar-refractivity contribution in [2.45, 2.75) is 37.9 Å². The number of fused-ring (bicyclic) bond motifs is 1. The fourth-order valence-electron chi connectivity index (χ4n) is 2.67. The summed E-state index contributed by atoms with van der Waals surface area (Å²) >= 11 is 2.51. The lowest BCUT2D eigenvalue weighted by atomic mass is 10.1. The summed E-state index contributed by atoms with van der Waals surface area (Å²) in [5.41, 5.74) is 1.30. The van der Waals surface area contributed by atoms with Crippen LogP contribution in [0.3, 0.4) is 0 Å². The van der Waals surface area contributed by atoms with Gasteiger partial charge in [0, 0.05) is 17.6 Å². The lowest BCUT2D eigenvalue weighted by molar-refractivity contribution is -0.116. The zero-order chi connectivity index (χ0) is 19.4. The maximum Gasteiger partial charge on any atom is 0.262 e. The Labute approximate surface area is 164 Å². The van der Waals surface area contributed by atoms with Gasteiger partial charge in [-0.25, -0.2) is 9.97 Å². The number of ketones is 1. The Bertz CT molecular complexity index is 1080. The largest absolute Gasteiger partial charge is 0.297 e. The van der Waals surface area contributed by atoms with E-state index in [1.807, 2.05) is 37.4 Å². The van der Waals surface area contributed by atoms with E-state index in [-0.39, 0.29) is 17.1 Å². The van der Waals surface area contributed by atoms with Crippen LogP contribution in [0.4, 0.5) is 0 Å². The van der Waals surface area contributed by atoms with Gasteiger partial charge in [0.25, 0.3) is 5.56 Å². The van der Waals surface area contributed by atoms with Gasteiger partial charge < -0.3 is 0 Å². The van der Waals surface area contributed by atoms with Crippen LogP contribution in [0.1, 0.15) is 30.0 Å². The van der Waals surface area contributed by atoms with Gasteiger partial charge in [0.1, 0.15) is 5.01 Å². The summed E-state index contributed by atoms with van der Waals surface area (Å²) in [5.74, 6) is -1.06. The topological polar surface area (TPSA) is 88.6 Å². The van der Waals surface area contributed by atoms with Crippen molar-refractivity contribution in [3.8, 4) is 6.07 Å². The first kappa shape index (κ1) is 19.3. The standard InChI is InChI=1S/C19H18N4O2S2/c1-3-8-23-18(25)13-6-4-5-7-15(13)22-19(23)27-11-16(24)14(9-20)17-21-12(2)10-26-17/h4-7,10,14H,3,8,11H2,1-2H3/t14-/m1/s1. The second-order valence-electron chi connectivity index (χ2n) is 6.01. The van der Waals surface area contributed by atoms with E-state index in [0.29, 0.717) is 27.6 Å². The predicted octanol–water partition coefficient (Wildman–Crippen LogP) is 3.54. The van der Waals surface area contributed by atoms with Crippen LogP contribution in [0.2, 0.25) is 0 Å². The number of nitrogens with zero attached hydrogens (tertiary/aromatic N) is 4. The highest BCUT2D eigenvalue weighted by molar-refractivity contribution is 7.99. The van der Waals surface area contributed by atoms with Crippen molar-refractivity contribution in [2.24, 2.45) is 0 Å². The normalized spacial score (nSPS) is 12.0. The van der Waals surface area contributed by atoms with Gasteiger partial charge in [-0.05, 0) is 25.5 Å². The molecule has 6 nitrogen and oxygen atoms in total. The number of aryl methyl sites for hydroxylation is 1. The minimum atomic E-state index is -0.886. The van der Waals surface area contributed by atoms with Crippen LogP contribution < -0.4 is 5.56 Å². The van der Waals surface area contributed by atoms with Gasteiger partial charge in [-0.15, -0.1) is 11.3 Å². The minimum Gasteiger partial charge on any atom is -0.297 e. The molecule has 3 aromatic rings. The predicted molar refractivity (Wildman–Crippen MR) is 107 cm³/mol. The van der Waals surface area contributed by atoms with E-state index in [2.05, 4.69) is 9.97 Å². The van der Waals surface area contributed by atoms with Crippen LogP contribution in [0.25, 0.3) is 10.9 Å². The second kappa shape index (κ2) is 8.46. The molecule has 0 fully saturated rings. The molecule has 3 rings (SSSR count). The molecular formula is C19H18N4O2S2. The van der Waals surface area contributed by atoms with E-state index in [0.717, 1.165) is 12.1 Å². The van der Waals surface area contributed by atoms with Crippen molar-refractivity contribution in [3.05, 3.63) is 50.7 Å². The number of hydrogen-bond acceptors (Lipinski definition) is 7. The van der Waals surface area contributed by atoms with E-state index in [1.165, 1.54) is 23.1 Å². The first-order valence-corrected chi connectivity index (χ1v) is 10.4. The van der Waals surface area contributed by atoms with Crippen LogP contribution in [0.15, 0.2) is 39.6 Å². The molecule has 27 heavy (non-hydrogen) atoms. The lowest BCUT2D eigenvalue weighted by Gasteiger charge is -2.12. The van der Waals surface area contributed by atoms with Crippen molar-refractivity contribution in [3.63, 3.8) is 0 Å². The first-order chi connectivity index (χ1) is 13.0. The highest BCUT2D eigenvalue weighted by atomic mass is 32.2. The van der Waals surface area contributed by atoms with Gasteiger partial charge in [0.05, 0.1) is 22.7 Å². The quantitative estimate of drug-likeness (QED) is 0.447. The van der Waals surface area contributed by atoms with Crippen LogP contribution in [-0.2, 0) is 11.3 Å². The molecule has 2 aromatic heterocycles. The summed E-state index contributed by atoms with van der Waals surface area (Å²) in [5, 5.41) is 12.8. The zero-order valence-electron chi connectivity index (χ0n) is 15.0. The average Bonchev–Trinajstić information content (AvgIpc) is 3.09. The van der Waals surface area contributed by atoms with Crippen LogP contribution in [0, 0.1) is 18.3 Å². The molecular weight excluding hydrogens is 380 g/mol. The Hall–Kier alpha value is -2.50. The lowest BCUT2D eigenvalue weighted by Crippen LogP contribution is -2.24. The van der Waals surface area contributed by atoms with Crippen molar-refractivity contribution in [2.75, 3.05) is 5.75 Å². The average molecular weight is 399 g/mol. The summed E-state index contributed by atoms with van der Waals surface area (Å²) in [7, 11) is 0. The fraction of sp³-hybridized carbons (Fsp3) is 0.316. The molecule has 0 aliphatic rings. The molecule has 0 saturated carbocycles. The van der Waals surface area contributed by atoms with E-state index >= 15 is 0 Å². The molecule has 0 aliphatic heterocycles. The van der Waals surface area contributed by atoms with Crippen molar-refractivity contribution in [1.82, 2.24) is 14.5 Å². The summed E-state index contributed by atoms with van der Waals surface area (Å²) in [6, 6.07) is 9.23. The zero-order valence-corrected chi connectivity index (χ0v) is 16.6. The van der Waals surface area contributed by atoms with Gasteiger partial charge in [-0.2, -0.15) is 5.26 Å². The summed E-state index contributed by atoms with van der Waals surface area (Å²) < 4.78 is 1.61. The number of thiazole rings is 1. The van der Waals surface area contributed by atoms with Gasteiger partial charge in [0.2, 0.25) is 0 Å². The van der Waals surface area contributed by atoms with E-state index in [9.17, 15) is 14.9 Å². The Balaban J connectivity index is 1.87. The third kappa shape index (κ3) is 4.10. The van der Waals surface area contributed by atoms with Gasteiger partial charge in [0.15, 0.2) is 16.9 Å². The SMILES string of the molecule is CCCn1c(SCC(=O)[C@@H](C#N)c2nc(C)cs2)nc2ccccc2c1=O. The number of carbonyl (C=O) groups is 1. The van der Waals surface area contributed by atoms with Gasteiger partial charge >= 0.3 is 0 Å². The Morgan fingerprint density at radius 2 is 2.15 bits per heavy atom. The van der Waals surface area contributed by atoms with Crippen LogP contribution in [0.5, 0.6) is 0 Å². The number of aromatic nitrogens is 3. The summed E-state index contributed by atoms with van der Waals surface area (Å²) in [6.07, 6.45) is 0.778. The summed E-state index contributed by atoms with van der Waals surface area (Å²) in [6.45, 7) is 4.34. The minimum absolute atomic E-state index is 0.0609. The van der Waals surface area contributed by atoms with Crippen molar-refractivity contribution < 1.29 is 4.79 Å². The maximum atomic E-state index is 12.8. The first-order valence-electron chi connectivity index (χ1n) is 8.52. The molecule has 2 heterocycles. The smallest absolute Gasteiger partial charge is 0.262 e. The molecule has 0 bridgehead atoms. The molecule has 0 aliphatic carbocycles. The fourth-order valence-corrected chi connectivity index (χ4v) is 4.46. The molecule has 0 spiro atoms. The number of para-hydroxylation sites is 1. The molecule has 1 aromatic carbocycles. The van der Waals surface area contributed by atoms with Crippen molar-refractivity contribution >= 4 is 39.8 Å². The van der Waals surface area contributed by atoms with Crippen molar-refractivity contribution in [1.29, 1.82) is 5.26 Å². The Kier molecular flexibility index (Phi) is 6.04. The van der Waals surface area contributed by atoms with Crippen LogP contribution in [-0.4, -0.2) is 26.1 Å². The van der Waals surface area contributed by atoms with Gasteiger partial charge in [-0.3, -0.25) is 14.2 Å². The molecule has 0 radical (unpaired) electrons. The number of benzene rings is 1. The maximum absolute atomic E-state index is 12.8. The van der Waals surface area contributed by atoms with Gasteiger partial charge in [-0.1, -0.05) is 30.8 Å². The number of nitriles is 1.